The van der Waals surface area contributed by atoms with Gasteiger partial charge in [-0.2, -0.15) is 0 Å². The molecule has 0 amide bonds. The van der Waals surface area contributed by atoms with Crippen LogP contribution in [0.5, 0.6) is 11.5 Å². The maximum Gasteiger partial charge on any atom is 0.123 e. The van der Waals surface area contributed by atoms with E-state index in [0.717, 1.165) is 18.0 Å². The number of methoxy groups -OCH3 is 2. The van der Waals surface area contributed by atoms with Crippen LogP contribution in [0.1, 0.15) is 37.7 Å². The van der Waals surface area contributed by atoms with Gasteiger partial charge in [-0.15, -0.1) is 0 Å². The number of rotatable bonds is 4. The molecule has 0 bridgehead atoms. The van der Waals surface area contributed by atoms with Gasteiger partial charge in [0, 0.05) is 12.1 Å². The van der Waals surface area contributed by atoms with Crippen molar-refractivity contribution in [3.8, 4) is 11.5 Å². The van der Waals surface area contributed by atoms with Crippen LogP contribution in [0.15, 0.2) is 18.2 Å². The van der Waals surface area contributed by atoms with Gasteiger partial charge in [0.05, 0.1) is 14.2 Å². The summed E-state index contributed by atoms with van der Waals surface area (Å²) >= 11 is 0. The molecule has 0 aliphatic carbocycles. The van der Waals surface area contributed by atoms with Crippen LogP contribution in [0, 0.1) is 0 Å². The third-order valence-corrected chi connectivity index (χ3v) is 3.83. The second kappa shape index (κ2) is 7.39. The summed E-state index contributed by atoms with van der Waals surface area (Å²) in [6.45, 7) is 3.35. The van der Waals surface area contributed by atoms with E-state index in [1.807, 2.05) is 12.1 Å². The molecule has 0 radical (unpaired) electrons. The second-order valence-electron chi connectivity index (χ2n) is 5.22. The normalized spacial score (nSPS) is 17.6. The Balaban J connectivity index is 2.06. The topological polar surface area (TPSA) is 21.7 Å². The molecule has 0 spiro atoms. The molecule has 1 saturated heterocycles. The molecule has 1 fully saturated rings. The number of benzene rings is 1. The minimum absolute atomic E-state index is 0.905. The van der Waals surface area contributed by atoms with Crippen LogP contribution in [-0.2, 0) is 6.54 Å². The Bertz CT molecular complexity index is 384. The molecule has 1 aromatic carbocycles. The Morgan fingerprint density at radius 2 is 1.63 bits per heavy atom. The fourth-order valence-electron chi connectivity index (χ4n) is 2.72. The van der Waals surface area contributed by atoms with Crippen LogP contribution in [0.25, 0.3) is 0 Å². The molecule has 19 heavy (non-hydrogen) atoms. The number of hydrogen-bond acceptors (Lipinski definition) is 3. The summed E-state index contributed by atoms with van der Waals surface area (Å²) in [6, 6.07) is 6.05. The molecule has 3 nitrogen and oxygen atoms in total. The summed E-state index contributed by atoms with van der Waals surface area (Å²) < 4.78 is 10.8. The Labute approximate surface area is 116 Å². The van der Waals surface area contributed by atoms with Crippen molar-refractivity contribution in [3.63, 3.8) is 0 Å². The average molecular weight is 263 g/mol. The lowest BCUT2D eigenvalue weighted by Gasteiger charge is -2.25. The van der Waals surface area contributed by atoms with Gasteiger partial charge in [-0.05, 0) is 44.1 Å². The van der Waals surface area contributed by atoms with E-state index in [-0.39, 0.29) is 0 Å². The molecule has 1 aromatic rings. The highest BCUT2D eigenvalue weighted by Gasteiger charge is 2.12. The molecule has 3 heteroatoms. The Kier molecular flexibility index (Phi) is 5.52. The van der Waals surface area contributed by atoms with Crippen molar-refractivity contribution in [3.05, 3.63) is 23.8 Å². The van der Waals surface area contributed by atoms with E-state index in [1.54, 1.807) is 14.2 Å². The molecule has 0 saturated carbocycles. The monoisotopic (exact) mass is 263 g/mol. The number of ether oxygens (including phenoxy) is 2. The Morgan fingerprint density at radius 1 is 0.947 bits per heavy atom. The lowest BCUT2D eigenvalue weighted by Crippen LogP contribution is -2.27. The number of likely N-dealkylation sites (tertiary alicyclic amines) is 1. The predicted octanol–water partition coefficient (Wildman–Crippen LogP) is 3.47. The highest BCUT2D eigenvalue weighted by Crippen LogP contribution is 2.26. The van der Waals surface area contributed by atoms with E-state index in [9.17, 15) is 0 Å². The smallest absolute Gasteiger partial charge is 0.123 e. The van der Waals surface area contributed by atoms with E-state index >= 15 is 0 Å². The van der Waals surface area contributed by atoms with Crippen molar-refractivity contribution in [1.82, 2.24) is 4.90 Å². The minimum atomic E-state index is 0.905. The van der Waals surface area contributed by atoms with Crippen LogP contribution in [0.4, 0.5) is 0 Å². The van der Waals surface area contributed by atoms with Crippen molar-refractivity contribution in [1.29, 1.82) is 0 Å². The molecule has 106 valence electrons. The summed E-state index contributed by atoms with van der Waals surface area (Å²) in [5.74, 6) is 1.87. The third-order valence-electron chi connectivity index (χ3n) is 3.83. The molecule has 2 rings (SSSR count). The van der Waals surface area contributed by atoms with Crippen molar-refractivity contribution < 1.29 is 9.47 Å². The van der Waals surface area contributed by atoms with E-state index in [4.69, 9.17) is 9.47 Å². The molecule has 0 aromatic heterocycles. The van der Waals surface area contributed by atoms with E-state index in [0.29, 0.717) is 0 Å². The standard InChI is InChI=1S/C16H25NO2/c1-18-15-8-9-16(19-2)14(12-15)13-17-10-6-4-3-5-7-11-17/h8-9,12H,3-7,10-11,13H2,1-2H3. The van der Waals surface area contributed by atoms with E-state index in [1.165, 1.54) is 50.8 Å². The van der Waals surface area contributed by atoms with Gasteiger partial charge in [0.2, 0.25) is 0 Å². The largest absolute Gasteiger partial charge is 0.497 e. The molecule has 1 aliphatic heterocycles. The van der Waals surface area contributed by atoms with Gasteiger partial charge < -0.3 is 9.47 Å². The minimum Gasteiger partial charge on any atom is -0.497 e. The summed E-state index contributed by atoms with van der Waals surface area (Å²) in [4.78, 5) is 2.54. The van der Waals surface area contributed by atoms with Crippen molar-refractivity contribution in [2.24, 2.45) is 0 Å². The van der Waals surface area contributed by atoms with Gasteiger partial charge >= 0.3 is 0 Å². The fourth-order valence-corrected chi connectivity index (χ4v) is 2.72. The zero-order valence-corrected chi connectivity index (χ0v) is 12.2. The first-order chi connectivity index (χ1) is 9.33. The Hall–Kier alpha value is -1.22. The number of hydrogen-bond donors (Lipinski definition) is 0. The van der Waals surface area contributed by atoms with Crippen molar-refractivity contribution >= 4 is 0 Å². The summed E-state index contributed by atoms with van der Waals surface area (Å²) in [5, 5.41) is 0. The highest BCUT2D eigenvalue weighted by atomic mass is 16.5. The first-order valence-electron chi connectivity index (χ1n) is 7.27. The molecule has 1 heterocycles. The van der Waals surface area contributed by atoms with Crippen LogP contribution in [0.3, 0.4) is 0 Å². The maximum atomic E-state index is 5.46. The number of nitrogens with zero attached hydrogens (tertiary/aromatic N) is 1. The molecule has 0 atom stereocenters. The predicted molar refractivity (Wildman–Crippen MR) is 77.9 cm³/mol. The van der Waals surface area contributed by atoms with Gasteiger partial charge in [0.15, 0.2) is 0 Å². The molecule has 1 aliphatic rings. The lowest BCUT2D eigenvalue weighted by atomic mass is 10.1. The zero-order valence-electron chi connectivity index (χ0n) is 12.2. The summed E-state index contributed by atoms with van der Waals surface area (Å²) in [5.41, 5.74) is 1.22. The van der Waals surface area contributed by atoms with E-state index < -0.39 is 0 Å². The van der Waals surface area contributed by atoms with Crippen molar-refractivity contribution in [2.75, 3.05) is 27.3 Å². The van der Waals surface area contributed by atoms with Crippen LogP contribution in [-0.4, -0.2) is 32.2 Å². The van der Waals surface area contributed by atoms with Gasteiger partial charge in [-0.25, -0.2) is 0 Å². The lowest BCUT2D eigenvalue weighted by molar-refractivity contribution is 0.236. The van der Waals surface area contributed by atoms with Gasteiger partial charge in [0.1, 0.15) is 11.5 Å². The fraction of sp³-hybridized carbons (Fsp3) is 0.625. The maximum absolute atomic E-state index is 5.46. The van der Waals surface area contributed by atoms with Gasteiger partial charge in [0.25, 0.3) is 0 Å². The molecular formula is C16H25NO2. The molecular weight excluding hydrogens is 238 g/mol. The zero-order chi connectivity index (χ0) is 13.5. The van der Waals surface area contributed by atoms with Crippen LogP contribution in [0.2, 0.25) is 0 Å². The van der Waals surface area contributed by atoms with Gasteiger partial charge in [-0.3, -0.25) is 4.90 Å². The third kappa shape index (κ3) is 4.13. The molecule has 0 N–H and O–H groups in total. The Morgan fingerprint density at radius 3 is 2.26 bits per heavy atom. The summed E-state index contributed by atoms with van der Waals surface area (Å²) in [6.07, 6.45) is 6.76. The first kappa shape index (κ1) is 14.2. The highest BCUT2D eigenvalue weighted by molar-refractivity contribution is 5.40. The van der Waals surface area contributed by atoms with Crippen LogP contribution < -0.4 is 9.47 Å². The average Bonchev–Trinajstić information content (AvgIpc) is 2.41. The second-order valence-corrected chi connectivity index (χ2v) is 5.22. The van der Waals surface area contributed by atoms with Gasteiger partial charge in [-0.1, -0.05) is 19.3 Å². The SMILES string of the molecule is COc1ccc(OC)c(CN2CCCCCCC2)c1. The quantitative estimate of drug-likeness (QED) is 0.830. The summed E-state index contributed by atoms with van der Waals surface area (Å²) in [7, 11) is 3.44. The van der Waals surface area contributed by atoms with E-state index in [2.05, 4.69) is 11.0 Å². The van der Waals surface area contributed by atoms with Crippen molar-refractivity contribution in [2.45, 2.75) is 38.6 Å². The molecule has 0 unspecified atom stereocenters. The van der Waals surface area contributed by atoms with Crippen LogP contribution >= 0.6 is 0 Å². The first-order valence-corrected chi connectivity index (χ1v) is 7.27.